The van der Waals surface area contributed by atoms with Gasteiger partial charge in [-0.25, -0.2) is 0 Å². The Morgan fingerprint density at radius 2 is 0.607 bits per heavy atom. The summed E-state index contributed by atoms with van der Waals surface area (Å²) in [4.78, 5) is 30.8. The molecule has 0 aliphatic carbocycles. The second kappa shape index (κ2) is 15.7. The van der Waals surface area contributed by atoms with Crippen LogP contribution in [0, 0.1) is 0 Å². The molecule has 0 spiro atoms. The summed E-state index contributed by atoms with van der Waals surface area (Å²) in [5.74, 6) is 0. The van der Waals surface area contributed by atoms with E-state index in [0.717, 1.165) is 0 Å². The first kappa shape index (κ1) is 26.8. The molecule has 147 valence electrons. The minimum absolute atomic E-state index is 0. The fraction of sp³-hybridized carbons (Fsp3) is 0. The van der Waals surface area contributed by atoms with E-state index in [-0.39, 0.29) is 17.4 Å². The Balaban J connectivity index is 0.000000384. The van der Waals surface area contributed by atoms with Gasteiger partial charge >= 0.3 is 17.4 Å². The number of hydrogen-bond acceptors (Lipinski definition) is 6. The van der Waals surface area contributed by atoms with Crippen molar-refractivity contribution in [3.05, 3.63) is 91.0 Å². The fourth-order valence-corrected chi connectivity index (χ4v) is 3.12. The average molecular weight is 475 g/mol. The van der Waals surface area contributed by atoms with E-state index in [9.17, 15) is 28.4 Å². The molecule has 28 heavy (non-hydrogen) atoms. The summed E-state index contributed by atoms with van der Waals surface area (Å²) in [6.45, 7) is 0. The third kappa shape index (κ3) is 11.6. The molecule has 0 saturated heterocycles. The van der Waals surface area contributed by atoms with Crippen LogP contribution in [0.1, 0.15) is 0 Å². The molecule has 0 aliphatic rings. The van der Waals surface area contributed by atoms with Crippen molar-refractivity contribution in [3.63, 3.8) is 0 Å². The first-order valence-electron chi connectivity index (χ1n) is 7.71. The molecular weight excluding hydrogens is 457 g/mol. The van der Waals surface area contributed by atoms with Crippen LogP contribution >= 0.6 is 24.1 Å². The zero-order valence-electron chi connectivity index (χ0n) is 14.5. The Bertz CT molecular complexity index is 747. The van der Waals surface area contributed by atoms with Crippen molar-refractivity contribution in [1.82, 2.24) is 0 Å². The summed E-state index contributed by atoms with van der Waals surface area (Å²) in [6.07, 6.45) is 0. The van der Waals surface area contributed by atoms with Crippen LogP contribution in [0.2, 0.25) is 0 Å². The van der Waals surface area contributed by atoms with Gasteiger partial charge in [-0.1, -0.05) is 91.0 Å². The van der Waals surface area contributed by atoms with E-state index in [1.54, 1.807) is 91.0 Å². The summed E-state index contributed by atoms with van der Waals surface area (Å²) in [5.41, 5.74) is 0. The van der Waals surface area contributed by atoms with E-state index < -0.39 is 24.1 Å². The van der Waals surface area contributed by atoms with Gasteiger partial charge in [0.25, 0.3) is 0 Å². The van der Waals surface area contributed by atoms with Gasteiger partial charge < -0.3 is 28.4 Å². The molecule has 0 saturated carbocycles. The van der Waals surface area contributed by atoms with Crippen molar-refractivity contribution in [2.24, 2.45) is 0 Å². The molecule has 3 atom stereocenters. The predicted molar refractivity (Wildman–Crippen MR) is 105 cm³/mol. The Morgan fingerprint density at radius 1 is 0.429 bits per heavy atom. The van der Waals surface area contributed by atoms with Crippen LogP contribution in [-0.2, 0) is 31.1 Å². The summed E-state index contributed by atoms with van der Waals surface area (Å²) in [5, 5.41) is 1.22. The normalized spacial score (nSPS) is 12.5. The van der Waals surface area contributed by atoms with E-state index in [2.05, 4.69) is 0 Å². The van der Waals surface area contributed by atoms with Crippen LogP contribution in [0.3, 0.4) is 0 Å². The SMILES string of the molecule is O=[PH]([O-])c1ccccc1.O=[PH]([O-])c1ccccc1.O=[PH]([O-])c1ccccc1.[Cr+3]. The Labute approximate surface area is 176 Å². The largest absolute Gasteiger partial charge is 3.00 e. The number of hydrogen-bond donors (Lipinski definition) is 0. The minimum Gasteiger partial charge on any atom is -0.798 e. The molecule has 0 aliphatic heterocycles. The van der Waals surface area contributed by atoms with Gasteiger partial charge in [-0.05, 0) is 15.9 Å². The maximum atomic E-state index is 10.3. The van der Waals surface area contributed by atoms with E-state index in [1.807, 2.05) is 0 Å². The Kier molecular flexibility index (Phi) is 15.0. The van der Waals surface area contributed by atoms with Gasteiger partial charge in [-0.3, -0.25) is 0 Å². The van der Waals surface area contributed by atoms with Crippen molar-refractivity contribution in [2.75, 3.05) is 0 Å². The summed E-state index contributed by atoms with van der Waals surface area (Å²) >= 11 is 0. The van der Waals surface area contributed by atoms with Crippen molar-refractivity contribution >= 4 is 40.0 Å². The van der Waals surface area contributed by atoms with E-state index in [0.29, 0.717) is 15.9 Å². The van der Waals surface area contributed by atoms with Crippen LogP contribution in [0.4, 0.5) is 0 Å². The van der Waals surface area contributed by atoms with Crippen molar-refractivity contribution in [1.29, 1.82) is 0 Å². The molecule has 0 aromatic heterocycles. The molecule has 1 radical (unpaired) electrons. The van der Waals surface area contributed by atoms with Gasteiger partial charge in [-0.2, -0.15) is 0 Å². The summed E-state index contributed by atoms with van der Waals surface area (Å²) < 4.78 is 30.8. The van der Waals surface area contributed by atoms with Gasteiger partial charge in [-0.15, -0.1) is 0 Å². The first-order valence-corrected chi connectivity index (χ1v) is 11.7. The minimum atomic E-state index is -2.71. The number of rotatable bonds is 3. The molecule has 0 N–H and O–H groups in total. The second-order valence-electron chi connectivity index (χ2n) is 4.96. The molecule has 3 aromatic rings. The van der Waals surface area contributed by atoms with Gasteiger partial charge in [0.15, 0.2) is 0 Å². The molecule has 3 aromatic carbocycles. The van der Waals surface area contributed by atoms with Crippen LogP contribution in [-0.4, -0.2) is 0 Å². The molecule has 0 fully saturated rings. The zero-order valence-corrected chi connectivity index (χ0v) is 18.8. The molecule has 10 heteroatoms. The maximum Gasteiger partial charge on any atom is 3.00 e. The van der Waals surface area contributed by atoms with Crippen LogP contribution < -0.4 is 30.6 Å². The molecule has 3 rings (SSSR count). The second-order valence-corrected chi connectivity index (χ2v) is 8.42. The standard InChI is InChI=1S/3C6H7O2P.Cr/c3*7-9(8)6-4-2-1-3-5-6;/h3*1-5,9H,(H,7,8);/q;;;+3/p-3. The Hall–Kier alpha value is -1.24. The Morgan fingerprint density at radius 3 is 0.714 bits per heavy atom. The smallest absolute Gasteiger partial charge is 0.798 e. The third-order valence-electron chi connectivity index (χ3n) is 3.03. The van der Waals surface area contributed by atoms with Crippen molar-refractivity contribution in [3.8, 4) is 0 Å². The molecule has 0 heterocycles. The molecule has 6 nitrogen and oxygen atoms in total. The van der Waals surface area contributed by atoms with Gasteiger partial charge in [0.1, 0.15) is 0 Å². The van der Waals surface area contributed by atoms with Crippen LogP contribution in [0.5, 0.6) is 0 Å². The van der Waals surface area contributed by atoms with E-state index >= 15 is 0 Å². The van der Waals surface area contributed by atoms with E-state index in [4.69, 9.17) is 0 Å². The number of benzene rings is 3. The van der Waals surface area contributed by atoms with Gasteiger partial charge in [0, 0.05) is 24.1 Å². The topological polar surface area (TPSA) is 120 Å². The van der Waals surface area contributed by atoms with Gasteiger partial charge in [0.2, 0.25) is 0 Å². The van der Waals surface area contributed by atoms with Crippen molar-refractivity contribution in [2.45, 2.75) is 0 Å². The molecule has 3 unspecified atom stereocenters. The van der Waals surface area contributed by atoms with Gasteiger partial charge in [0.05, 0.1) is 0 Å². The monoisotopic (exact) mass is 475 g/mol. The molecule has 0 amide bonds. The molecule has 0 bridgehead atoms. The van der Waals surface area contributed by atoms with Crippen molar-refractivity contribution < 1.29 is 45.7 Å². The maximum absolute atomic E-state index is 10.3. The van der Waals surface area contributed by atoms with Crippen LogP contribution in [0.15, 0.2) is 91.0 Å². The molecular formula is C18H18CrO6P3. The van der Waals surface area contributed by atoms with Crippen LogP contribution in [0.25, 0.3) is 0 Å². The first-order chi connectivity index (χ1) is 12.9. The third-order valence-corrected chi connectivity index (χ3v) is 5.44. The van der Waals surface area contributed by atoms with E-state index in [1.165, 1.54) is 0 Å². The fourth-order valence-electron chi connectivity index (χ4n) is 1.72. The summed E-state index contributed by atoms with van der Waals surface area (Å²) in [6, 6.07) is 25.0. The zero-order chi connectivity index (χ0) is 20.1. The average Bonchev–Trinajstić information content (AvgIpc) is 2.71. The summed E-state index contributed by atoms with van der Waals surface area (Å²) in [7, 11) is -8.14. The quantitative estimate of drug-likeness (QED) is 0.507. The predicted octanol–water partition coefficient (Wildman–Crippen LogP) is 0.438.